The molecule has 1 fully saturated rings. The smallest absolute Gasteiger partial charge is 0.0672 e. The zero-order chi connectivity index (χ0) is 14.5. The van der Waals surface area contributed by atoms with Gasteiger partial charge >= 0.3 is 0 Å². The van der Waals surface area contributed by atoms with Gasteiger partial charge in [-0.3, -0.25) is 4.90 Å². The summed E-state index contributed by atoms with van der Waals surface area (Å²) in [6.45, 7) is 3.07. The zero-order valence-electron chi connectivity index (χ0n) is 12.3. The maximum atomic E-state index is 9.39. The fourth-order valence-corrected chi connectivity index (χ4v) is 3.45. The highest BCUT2D eigenvalue weighted by Gasteiger charge is 2.32. The molecule has 20 heavy (non-hydrogen) atoms. The second-order valence-electron chi connectivity index (χ2n) is 5.90. The SMILES string of the molecule is CCC1CCC(C#N)C(N(C)Cc2ccccc2Cl)C1. The molecule has 3 atom stereocenters. The molecule has 1 aromatic rings. The molecule has 108 valence electrons. The van der Waals surface area contributed by atoms with E-state index in [0.29, 0.717) is 6.04 Å². The summed E-state index contributed by atoms with van der Waals surface area (Å²) in [6.07, 6.45) is 4.59. The van der Waals surface area contributed by atoms with Crippen LogP contribution in [0.3, 0.4) is 0 Å². The molecule has 1 aliphatic rings. The first-order valence-corrected chi connectivity index (χ1v) is 7.86. The average Bonchev–Trinajstić information content (AvgIpc) is 2.48. The van der Waals surface area contributed by atoms with Gasteiger partial charge in [0.25, 0.3) is 0 Å². The average molecular weight is 291 g/mol. The highest BCUT2D eigenvalue weighted by molar-refractivity contribution is 6.31. The van der Waals surface area contributed by atoms with E-state index in [0.717, 1.165) is 35.9 Å². The van der Waals surface area contributed by atoms with E-state index in [2.05, 4.69) is 31.0 Å². The predicted molar refractivity (Wildman–Crippen MR) is 83.4 cm³/mol. The van der Waals surface area contributed by atoms with Gasteiger partial charge in [0.2, 0.25) is 0 Å². The monoisotopic (exact) mass is 290 g/mol. The highest BCUT2D eigenvalue weighted by Crippen LogP contribution is 2.34. The van der Waals surface area contributed by atoms with E-state index in [-0.39, 0.29) is 5.92 Å². The van der Waals surface area contributed by atoms with Crippen molar-refractivity contribution in [1.29, 1.82) is 5.26 Å². The van der Waals surface area contributed by atoms with Gasteiger partial charge in [0, 0.05) is 17.6 Å². The fourth-order valence-electron chi connectivity index (χ4n) is 3.25. The Morgan fingerprint density at radius 1 is 1.35 bits per heavy atom. The Bertz CT molecular complexity index is 480. The van der Waals surface area contributed by atoms with Gasteiger partial charge in [0.1, 0.15) is 0 Å². The van der Waals surface area contributed by atoms with Gasteiger partial charge in [-0.25, -0.2) is 0 Å². The Kier molecular flexibility index (Phi) is 5.46. The molecule has 0 heterocycles. The summed E-state index contributed by atoms with van der Waals surface area (Å²) in [7, 11) is 2.12. The lowest BCUT2D eigenvalue weighted by Gasteiger charge is -2.38. The van der Waals surface area contributed by atoms with E-state index in [4.69, 9.17) is 11.6 Å². The molecule has 0 amide bonds. The Morgan fingerprint density at radius 3 is 2.75 bits per heavy atom. The Balaban J connectivity index is 2.08. The van der Waals surface area contributed by atoms with Crippen LogP contribution in [-0.2, 0) is 6.54 Å². The topological polar surface area (TPSA) is 27.0 Å². The summed E-state index contributed by atoms with van der Waals surface area (Å²) >= 11 is 6.24. The molecule has 3 unspecified atom stereocenters. The number of benzene rings is 1. The van der Waals surface area contributed by atoms with Crippen LogP contribution in [0.5, 0.6) is 0 Å². The number of hydrogen-bond donors (Lipinski definition) is 0. The van der Waals surface area contributed by atoms with E-state index in [9.17, 15) is 5.26 Å². The molecule has 0 spiro atoms. The van der Waals surface area contributed by atoms with Gasteiger partial charge in [0.15, 0.2) is 0 Å². The second-order valence-corrected chi connectivity index (χ2v) is 6.30. The minimum atomic E-state index is 0.158. The van der Waals surface area contributed by atoms with Gasteiger partial charge in [0.05, 0.1) is 12.0 Å². The predicted octanol–water partition coefficient (Wildman–Crippen LogP) is 4.49. The first-order valence-electron chi connectivity index (χ1n) is 7.49. The summed E-state index contributed by atoms with van der Waals surface area (Å²) in [4.78, 5) is 2.32. The Labute approximate surface area is 127 Å². The van der Waals surface area contributed by atoms with Crippen LogP contribution in [-0.4, -0.2) is 18.0 Å². The zero-order valence-corrected chi connectivity index (χ0v) is 13.1. The number of nitrogens with zero attached hydrogens (tertiary/aromatic N) is 2. The van der Waals surface area contributed by atoms with Crippen LogP contribution in [0.1, 0.15) is 38.2 Å². The molecular weight excluding hydrogens is 268 g/mol. The van der Waals surface area contributed by atoms with Crippen LogP contribution in [0.25, 0.3) is 0 Å². The van der Waals surface area contributed by atoms with E-state index >= 15 is 0 Å². The van der Waals surface area contributed by atoms with Gasteiger partial charge in [-0.2, -0.15) is 5.26 Å². The Hall–Kier alpha value is -1.04. The van der Waals surface area contributed by atoms with Gasteiger partial charge in [-0.05, 0) is 43.9 Å². The van der Waals surface area contributed by atoms with Crippen molar-refractivity contribution < 1.29 is 0 Å². The molecule has 1 saturated carbocycles. The first-order chi connectivity index (χ1) is 9.65. The number of halogens is 1. The molecule has 1 aromatic carbocycles. The maximum absolute atomic E-state index is 9.39. The molecule has 0 saturated heterocycles. The van der Waals surface area contributed by atoms with Crippen molar-refractivity contribution in [3.63, 3.8) is 0 Å². The van der Waals surface area contributed by atoms with E-state index < -0.39 is 0 Å². The minimum Gasteiger partial charge on any atom is -0.298 e. The standard InChI is InChI=1S/C17H23ClN2/c1-3-13-8-9-14(11-19)17(10-13)20(2)12-15-6-4-5-7-16(15)18/h4-7,13-14,17H,3,8-10,12H2,1-2H3. The van der Waals surface area contributed by atoms with Crippen molar-refractivity contribution in [2.45, 2.75) is 45.2 Å². The number of hydrogen-bond acceptors (Lipinski definition) is 2. The fraction of sp³-hybridized carbons (Fsp3) is 0.588. The van der Waals surface area contributed by atoms with Crippen molar-refractivity contribution in [2.75, 3.05) is 7.05 Å². The summed E-state index contributed by atoms with van der Waals surface area (Å²) in [5.74, 6) is 0.920. The van der Waals surface area contributed by atoms with Gasteiger partial charge in [-0.1, -0.05) is 43.1 Å². The first kappa shape index (κ1) is 15.4. The van der Waals surface area contributed by atoms with Crippen molar-refractivity contribution in [3.8, 4) is 6.07 Å². The third kappa shape index (κ3) is 3.53. The molecule has 2 nitrogen and oxygen atoms in total. The number of rotatable bonds is 4. The summed E-state index contributed by atoms with van der Waals surface area (Å²) in [6, 6.07) is 10.8. The lowest BCUT2D eigenvalue weighted by molar-refractivity contribution is 0.118. The van der Waals surface area contributed by atoms with Crippen LogP contribution >= 0.6 is 11.6 Å². The van der Waals surface area contributed by atoms with Gasteiger partial charge in [-0.15, -0.1) is 0 Å². The highest BCUT2D eigenvalue weighted by atomic mass is 35.5. The van der Waals surface area contributed by atoms with E-state index in [1.165, 1.54) is 12.8 Å². The molecule has 0 bridgehead atoms. The van der Waals surface area contributed by atoms with Crippen molar-refractivity contribution >= 4 is 11.6 Å². The Morgan fingerprint density at radius 2 is 2.10 bits per heavy atom. The molecule has 0 radical (unpaired) electrons. The normalized spacial score (nSPS) is 26.4. The molecule has 3 heteroatoms. The third-order valence-corrected chi connectivity index (χ3v) is 4.98. The van der Waals surface area contributed by atoms with Crippen molar-refractivity contribution in [1.82, 2.24) is 4.90 Å². The quantitative estimate of drug-likeness (QED) is 0.817. The van der Waals surface area contributed by atoms with Crippen molar-refractivity contribution in [3.05, 3.63) is 34.9 Å². The molecule has 2 rings (SSSR count). The van der Waals surface area contributed by atoms with Gasteiger partial charge < -0.3 is 0 Å². The van der Waals surface area contributed by atoms with Crippen LogP contribution in [0.15, 0.2) is 24.3 Å². The largest absolute Gasteiger partial charge is 0.298 e. The van der Waals surface area contributed by atoms with Crippen molar-refractivity contribution in [2.24, 2.45) is 11.8 Å². The van der Waals surface area contributed by atoms with E-state index in [1.54, 1.807) is 0 Å². The molecule has 0 N–H and O–H groups in total. The van der Waals surface area contributed by atoms with Crippen LogP contribution in [0.4, 0.5) is 0 Å². The maximum Gasteiger partial charge on any atom is 0.0672 e. The minimum absolute atomic E-state index is 0.158. The number of nitriles is 1. The second kappa shape index (κ2) is 7.11. The lowest BCUT2D eigenvalue weighted by atomic mass is 9.77. The molecule has 0 aliphatic heterocycles. The molecular formula is C17H23ClN2. The molecule has 0 aromatic heterocycles. The third-order valence-electron chi connectivity index (χ3n) is 4.61. The van der Waals surface area contributed by atoms with Crippen LogP contribution < -0.4 is 0 Å². The van der Waals surface area contributed by atoms with E-state index in [1.807, 2.05) is 18.2 Å². The lowest BCUT2D eigenvalue weighted by Crippen LogP contribution is -2.41. The summed E-state index contributed by atoms with van der Waals surface area (Å²) in [5.41, 5.74) is 1.15. The van der Waals surface area contributed by atoms with Crippen LogP contribution in [0.2, 0.25) is 5.02 Å². The molecule has 1 aliphatic carbocycles. The van der Waals surface area contributed by atoms with Crippen LogP contribution in [0, 0.1) is 23.2 Å². The summed E-state index contributed by atoms with van der Waals surface area (Å²) in [5, 5.41) is 10.2. The summed E-state index contributed by atoms with van der Waals surface area (Å²) < 4.78 is 0.